The fourth-order valence-corrected chi connectivity index (χ4v) is 1.22. The number of hydrogen-bond donors (Lipinski definition) is 0. The van der Waals surface area contributed by atoms with Crippen molar-refractivity contribution < 1.29 is 24.1 Å². The zero-order valence-electron chi connectivity index (χ0n) is 4.89. The van der Waals surface area contributed by atoms with Crippen LogP contribution in [-0.2, 0) is 24.1 Å². The van der Waals surface area contributed by atoms with Crippen LogP contribution < -0.4 is 0 Å². The number of morpholine rings is 1. The Hall–Kier alpha value is 0.478. The molecule has 0 spiro atoms. The van der Waals surface area contributed by atoms with Crippen molar-refractivity contribution in [1.29, 1.82) is 0 Å². The minimum atomic E-state index is 0.853. The van der Waals surface area contributed by atoms with E-state index in [9.17, 15) is 0 Å². The van der Waals surface area contributed by atoms with Gasteiger partial charge in [-0.05, 0) is 0 Å². The van der Waals surface area contributed by atoms with Gasteiger partial charge in [0.05, 0.1) is 0 Å². The fraction of sp³-hybridized carbons (Fsp3) is 0.800. The molecule has 46 valence electrons. The van der Waals surface area contributed by atoms with Crippen LogP contribution in [0.4, 0.5) is 0 Å². The van der Waals surface area contributed by atoms with E-state index in [0.717, 1.165) is 19.8 Å². The second-order valence-electron chi connectivity index (χ2n) is 1.87. The predicted octanol–water partition coefficient (Wildman–Crippen LogP) is -0.375. The van der Waals surface area contributed by atoms with E-state index in [4.69, 9.17) is 4.74 Å². The van der Waals surface area contributed by atoms with Crippen molar-refractivity contribution in [2.24, 2.45) is 0 Å². The third-order valence-electron chi connectivity index (χ3n) is 1.22. The van der Waals surface area contributed by atoms with Crippen LogP contribution in [0, 0.1) is 0 Å². The topological polar surface area (TPSA) is 12.5 Å². The van der Waals surface area contributed by atoms with Crippen LogP contribution in [0.5, 0.6) is 0 Å². The third kappa shape index (κ3) is 1.48. The summed E-state index contributed by atoms with van der Waals surface area (Å²) in [6.45, 7) is 2.82. The van der Waals surface area contributed by atoms with E-state index in [0.29, 0.717) is 0 Å². The van der Waals surface area contributed by atoms with Crippen LogP contribution in [-0.4, -0.2) is 35.7 Å². The van der Waals surface area contributed by atoms with Gasteiger partial charge in [0.1, 0.15) is 0 Å². The van der Waals surface area contributed by atoms with Crippen molar-refractivity contribution in [1.82, 2.24) is 4.90 Å². The summed E-state index contributed by atoms with van der Waals surface area (Å²) < 4.78 is 6.61. The van der Waals surface area contributed by atoms with Gasteiger partial charge in [-0.25, -0.2) is 0 Å². The zero-order valence-corrected chi connectivity index (χ0v) is 7.82. The average molecular weight is 283 g/mol. The van der Waals surface area contributed by atoms with Gasteiger partial charge in [0.25, 0.3) is 0 Å². The first-order valence-corrected chi connectivity index (χ1v) is 4.09. The van der Waals surface area contributed by atoms with Gasteiger partial charge in [0.2, 0.25) is 0 Å². The number of rotatable bonds is 0. The number of ether oxygens (including phenoxy) is 1. The van der Waals surface area contributed by atoms with E-state index in [1.807, 2.05) is 0 Å². The molecular formula is C5H9NOW. The van der Waals surface area contributed by atoms with Crippen molar-refractivity contribution in [3.05, 3.63) is 0 Å². The first-order valence-electron chi connectivity index (χ1n) is 2.62. The first kappa shape index (κ1) is 6.60. The predicted molar refractivity (Wildman–Crippen MR) is 28.5 cm³/mol. The molecule has 1 aliphatic heterocycles. The molecule has 0 saturated carbocycles. The average Bonchev–Trinajstić information content (AvgIpc) is 1.77. The van der Waals surface area contributed by atoms with Gasteiger partial charge < -0.3 is 0 Å². The molecule has 1 rings (SSSR count). The van der Waals surface area contributed by atoms with Crippen molar-refractivity contribution in [3.63, 3.8) is 0 Å². The van der Waals surface area contributed by atoms with Crippen molar-refractivity contribution in [3.8, 4) is 0 Å². The Bertz CT molecular complexity index is 105. The Kier molecular flexibility index (Phi) is 2.36. The normalized spacial score (nSPS) is 23.9. The standard InChI is InChI=1S/C5H9NO.W/c1-6-2-4-7-5-3-6;/h2,4-5H2,1H3;. The third-order valence-corrected chi connectivity index (χ3v) is 2.77. The van der Waals surface area contributed by atoms with Crippen LogP contribution in [0.1, 0.15) is 0 Å². The molecule has 8 heavy (non-hydrogen) atoms. The van der Waals surface area contributed by atoms with Gasteiger partial charge in [-0.3, -0.25) is 0 Å². The number of nitrogens with zero attached hydrogens (tertiary/aromatic N) is 1. The van der Waals surface area contributed by atoms with E-state index in [2.05, 4.69) is 11.9 Å². The van der Waals surface area contributed by atoms with Gasteiger partial charge in [0.15, 0.2) is 0 Å². The molecule has 0 aromatic carbocycles. The Balaban J connectivity index is 2.39. The molecule has 0 atom stereocenters. The molecule has 0 bridgehead atoms. The molecule has 0 amide bonds. The van der Waals surface area contributed by atoms with Crippen LogP contribution in [0.25, 0.3) is 0 Å². The summed E-state index contributed by atoms with van der Waals surface area (Å²) in [6.07, 6.45) is 0. The van der Waals surface area contributed by atoms with Gasteiger partial charge in [-0.1, -0.05) is 0 Å². The molecule has 0 radical (unpaired) electrons. The summed E-state index contributed by atoms with van der Waals surface area (Å²) in [5.74, 6) is 0. The fourth-order valence-electron chi connectivity index (χ4n) is 0.596. The van der Waals surface area contributed by atoms with Crippen LogP contribution in [0.2, 0.25) is 0 Å². The van der Waals surface area contributed by atoms with E-state index in [1.54, 1.807) is 0 Å². The van der Waals surface area contributed by atoms with Crippen LogP contribution in [0.15, 0.2) is 0 Å². The van der Waals surface area contributed by atoms with Crippen LogP contribution >= 0.6 is 0 Å². The molecule has 1 heterocycles. The molecule has 1 fully saturated rings. The van der Waals surface area contributed by atoms with Crippen LogP contribution in [0.3, 0.4) is 0 Å². The molecule has 0 unspecified atom stereocenters. The van der Waals surface area contributed by atoms with Crippen molar-refractivity contribution in [2.45, 2.75) is 0 Å². The van der Waals surface area contributed by atoms with Gasteiger partial charge >= 0.3 is 59.8 Å². The molecule has 0 aromatic heterocycles. The summed E-state index contributed by atoms with van der Waals surface area (Å²) in [6, 6.07) is 0. The molecule has 3 heteroatoms. The van der Waals surface area contributed by atoms with E-state index in [-0.39, 0.29) is 0 Å². The Morgan fingerprint density at radius 3 is 2.88 bits per heavy atom. The molecular weight excluding hydrogens is 274 g/mol. The quantitative estimate of drug-likeness (QED) is 0.601. The van der Waals surface area contributed by atoms with Crippen molar-refractivity contribution >= 4 is 4.02 Å². The molecule has 0 aliphatic carbocycles. The second-order valence-corrected chi connectivity index (χ2v) is 3.56. The van der Waals surface area contributed by atoms with E-state index >= 15 is 0 Å². The van der Waals surface area contributed by atoms with E-state index in [1.165, 1.54) is 23.4 Å². The molecule has 1 saturated heterocycles. The first-order chi connectivity index (χ1) is 3.80. The number of hydrogen-bond acceptors (Lipinski definition) is 2. The van der Waals surface area contributed by atoms with E-state index < -0.39 is 0 Å². The maximum absolute atomic E-state index is 5.19. The maximum atomic E-state index is 5.19. The monoisotopic (exact) mass is 283 g/mol. The SMILES string of the molecule is CN1CCOC[C]1=[W]. The Morgan fingerprint density at radius 1 is 1.75 bits per heavy atom. The van der Waals surface area contributed by atoms with Gasteiger partial charge in [0, 0.05) is 0 Å². The molecule has 2 nitrogen and oxygen atoms in total. The molecule has 1 aliphatic rings. The summed E-state index contributed by atoms with van der Waals surface area (Å²) in [5.41, 5.74) is 0. The Morgan fingerprint density at radius 2 is 2.50 bits per heavy atom. The Labute approximate surface area is 60.2 Å². The summed E-state index contributed by atoms with van der Waals surface area (Å²) in [5, 5.41) is 0. The summed E-state index contributed by atoms with van der Waals surface area (Å²) in [4.78, 5) is 2.26. The summed E-state index contributed by atoms with van der Waals surface area (Å²) in [7, 11) is 2.12. The minimum absolute atomic E-state index is 0.853. The summed E-state index contributed by atoms with van der Waals surface area (Å²) >= 11 is 1.53. The molecule has 0 aromatic rings. The van der Waals surface area contributed by atoms with Crippen molar-refractivity contribution in [2.75, 3.05) is 26.8 Å². The zero-order chi connectivity index (χ0) is 5.98. The van der Waals surface area contributed by atoms with Gasteiger partial charge in [-0.15, -0.1) is 0 Å². The van der Waals surface area contributed by atoms with Gasteiger partial charge in [-0.2, -0.15) is 0 Å². The second kappa shape index (κ2) is 2.86. The molecule has 0 N–H and O–H groups in total. The number of likely N-dealkylation sites (N-methyl/N-ethyl adjacent to an activating group) is 1.